The van der Waals surface area contributed by atoms with Crippen LogP contribution in [-0.2, 0) is 22.4 Å². The van der Waals surface area contributed by atoms with Crippen LogP contribution in [0.1, 0.15) is 28.0 Å². The van der Waals surface area contributed by atoms with Gasteiger partial charge in [0.15, 0.2) is 0 Å². The lowest BCUT2D eigenvalue weighted by Gasteiger charge is -2.31. The fraction of sp³-hybridized carbons (Fsp3) is 0.414. The molecule has 6 rings (SSSR count). The summed E-state index contributed by atoms with van der Waals surface area (Å²) in [6.07, 6.45) is 1.68. The van der Waals surface area contributed by atoms with Crippen molar-refractivity contribution in [2.24, 2.45) is 0 Å². The molecule has 11 heteroatoms. The van der Waals surface area contributed by atoms with Gasteiger partial charge in [-0.05, 0) is 48.7 Å². The van der Waals surface area contributed by atoms with Crippen LogP contribution in [-0.4, -0.2) is 79.9 Å². The maximum Gasteiger partial charge on any atom is 0.251 e. The van der Waals surface area contributed by atoms with E-state index in [1.54, 1.807) is 19.2 Å². The molecule has 2 aromatic heterocycles. The van der Waals surface area contributed by atoms with Gasteiger partial charge in [0.25, 0.3) is 5.91 Å². The number of aromatic nitrogens is 2. The molecular weight excluding hydrogens is 518 g/mol. The number of hydrogen-bond acceptors (Lipinski definition) is 8. The third kappa shape index (κ3) is 5.12. The number of rotatable bonds is 6. The molecule has 3 aromatic rings. The van der Waals surface area contributed by atoms with Crippen molar-refractivity contribution in [3.63, 3.8) is 0 Å². The van der Waals surface area contributed by atoms with Crippen molar-refractivity contribution in [1.29, 1.82) is 0 Å². The summed E-state index contributed by atoms with van der Waals surface area (Å²) in [5.74, 6) is -1.85. The fourth-order valence-electron chi connectivity index (χ4n) is 5.75. The van der Waals surface area contributed by atoms with Crippen LogP contribution >= 0.6 is 0 Å². The number of likely N-dealkylation sites (tertiary alicyclic amines) is 1. The van der Waals surface area contributed by atoms with Crippen molar-refractivity contribution >= 4 is 17.4 Å². The first-order valence-corrected chi connectivity index (χ1v) is 13.6. The Morgan fingerprint density at radius 3 is 2.67 bits per heavy atom. The van der Waals surface area contributed by atoms with E-state index in [0.717, 1.165) is 44.0 Å². The molecule has 0 bridgehead atoms. The van der Waals surface area contributed by atoms with Crippen LogP contribution in [0.4, 0.5) is 20.3 Å². The van der Waals surface area contributed by atoms with E-state index in [2.05, 4.69) is 20.1 Å². The lowest BCUT2D eigenvalue weighted by molar-refractivity contribution is 0.0945. The summed E-state index contributed by atoms with van der Waals surface area (Å²) < 4.78 is 41.6. The normalized spacial score (nSPS) is 19.5. The zero-order chi connectivity index (χ0) is 27.8. The van der Waals surface area contributed by atoms with Crippen molar-refractivity contribution in [3.8, 4) is 22.4 Å². The van der Waals surface area contributed by atoms with E-state index in [-0.39, 0.29) is 34.5 Å². The van der Waals surface area contributed by atoms with Crippen LogP contribution < -0.4 is 16.0 Å². The molecule has 3 aliphatic heterocycles. The van der Waals surface area contributed by atoms with E-state index in [0.29, 0.717) is 49.5 Å². The number of methoxy groups -OCH3 is 1. The molecule has 2 saturated heterocycles. The van der Waals surface area contributed by atoms with E-state index in [1.807, 2.05) is 6.07 Å². The van der Waals surface area contributed by atoms with Crippen LogP contribution in [0, 0.1) is 11.8 Å². The van der Waals surface area contributed by atoms with Gasteiger partial charge < -0.3 is 25.4 Å². The summed E-state index contributed by atoms with van der Waals surface area (Å²) in [7, 11) is 1.72. The van der Waals surface area contributed by atoms with Crippen molar-refractivity contribution < 1.29 is 23.0 Å². The molecule has 40 heavy (non-hydrogen) atoms. The number of nitrogens with zero attached hydrogens (tertiary/aromatic N) is 4. The molecular formula is C29H32F2N6O3. The zero-order valence-electron chi connectivity index (χ0n) is 22.4. The number of benzene rings is 1. The van der Waals surface area contributed by atoms with Crippen molar-refractivity contribution in [2.75, 3.05) is 63.7 Å². The number of carbonyl (C=O) groups excluding carboxylic acids is 1. The molecule has 0 saturated carbocycles. The predicted molar refractivity (Wildman–Crippen MR) is 147 cm³/mol. The number of anilines is 2. The van der Waals surface area contributed by atoms with Gasteiger partial charge in [0, 0.05) is 63.1 Å². The number of hydrogen-bond donors (Lipinski definition) is 2. The maximum absolute atomic E-state index is 15.3. The van der Waals surface area contributed by atoms with Crippen LogP contribution in [0.25, 0.3) is 22.4 Å². The first-order valence-electron chi connectivity index (χ1n) is 13.6. The quantitative estimate of drug-likeness (QED) is 0.452. The number of pyridine rings is 2. The number of fused-ring (bicyclic) bond motifs is 1. The van der Waals surface area contributed by atoms with E-state index in [4.69, 9.17) is 20.2 Å². The second-order valence-corrected chi connectivity index (χ2v) is 10.4. The largest absolute Gasteiger partial charge is 0.383 e. The average molecular weight is 551 g/mol. The monoisotopic (exact) mass is 550 g/mol. The molecule has 1 amide bonds. The third-order valence-corrected chi connectivity index (χ3v) is 7.93. The number of nitrogens with two attached hydrogens (primary N) is 1. The lowest BCUT2D eigenvalue weighted by atomic mass is 9.93. The van der Waals surface area contributed by atoms with E-state index in [1.165, 1.54) is 12.1 Å². The van der Waals surface area contributed by atoms with E-state index in [9.17, 15) is 4.79 Å². The molecule has 0 aliphatic carbocycles. The number of halogens is 2. The Kier molecular flexibility index (Phi) is 7.35. The molecule has 9 nitrogen and oxygen atoms in total. The molecule has 1 aromatic carbocycles. The summed E-state index contributed by atoms with van der Waals surface area (Å²) in [6, 6.07) is 8.05. The van der Waals surface area contributed by atoms with Crippen LogP contribution in [0.3, 0.4) is 0 Å². The van der Waals surface area contributed by atoms with Crippen molar-refractivity contribution in [2.45, 2.75) is 25.5 Å². The van der Waals surface area contributed by atoms with E-state index < -0.39 is 11.8 Å². The Morgan fingerprint density at radius 2 is 1.90 bits per heavy atom. The van der Waals surface area contributed by atoms with Gasteiger partial charge in [0.2, 0.25) is 5.95 Å². The second kappa shape index (κ2) is 11.1. The Labute approximate surface area is 231 Å². The highest BCUT2D eigenvalue weighted by molar-refractivity contribution is 5.97. The van der Waals surface area contributed by atoms with Crippen LogP contribution in [0.5, 0.6) is 0 Å². The summed E-state index contributed by atoms with van der Waals surface area (Å²) >= 11 is 0. The SMILES string of the molecule is CO[C@H]1CCN(Cc2nc(-c3cc(-c4cc5c(cc4F)C(=O)NCC5)c(N)nc3F)ccc2N2CCOCC2)C1. The molecule has 5 heterocycles. The highest BCUT2D eigenvalue weighted by Crippen LogP contribution is 2.35. The third-order valence-electron chi connectivity index (χ3n) is 7.93. The van der Waals surface area contributed by atoms with Gasteiger partial charge in [0.05, 0.1) is 42.0 Å². The minimum atomic E-state index is -0.780. The van der Waals surface area contributed by atoms with Crippen LogP contribution in [0.15, 0.2) is 30.3 Å². The van der Waals surface area contributed by atoms with Crippen molar-refractivity contribution in [1.82, 2.24) is 20.2 Å². The first-order chi connectivity index (χ1) is 19.4. The number of amides is 1. The molecule has 210 valence electrons. The predicted octanol–water partition coefficient (Wildman–Crippen LogP) is 3.01. The Morgan fingerprint density at radius 1 is 1.07 bits per heavy atom. The van der Waals surface area contributed by atoms with Crippen LogP contribution in [0.2, 0.25) is 0 Å². The topological polar surface area (TPSA) is 106 Å². The Hall–Kier alpha value is -3.67. The molecule has 0 spiro atoms. The number of nitrogen functional groups attached to an aromatic ring is 1. The molecule has 0 radical (unpaired) electrons. The summed E-state index contributed by atoms with van der Waals surface area (Å²) in [5, 5.41) is 2.72. The molecule has 0 unspecified atom stereocenters. The van der Waals surface area contributed by atoms with Crippen molar-refractivity contribution in [3.05, 3.63) is 58.9 Å². The molecule has 1 atom stereocenters. The number of nitrogens with one attached hydrogen (secondary N) is 1. The molecule has 3 aliphatic rings. The Balaban J connectivity index is 1.40. The van der Waals surface area contributed by atoms with Gasteiger partial charge in [-0.2, -0.15) is 4.39 Å². The fourth-order valence-corrected chi connectivity index (χ4v) is 5.75. The highest BCUT2D eigenvalue weighted by atomic mass is 19.1. The lowest BCUT2D eigenvalue weighted by Crippen LogP contribution is -2.37. The second-order valence-electron chi connectivity index (χ2n) is 10.4. The first kappa shape index (κ1) is 26.5. The number of morpholine rings is 1. The highest BCUT2D eigenvalue weighted by Gasteiger charge is 2.26. The number of ether oxygens (including phenoxy) is 2. The minimum Gasteiger partial charge on any atom is -0.383 e. The van der Waals surface area contributed by atoms with Gasteiger partial charge in [-0.15, -0.1) is 0 Å². The van der Waals surface area contributed by atoms with Gasteiger partial charge in [0.1, 0.15) is 11.6 Å². The summed E-state index contributed by atoms with van der Waals surface area (Å²) in [6.45, 7) is 5.46. The van der Waals surface area contributed by atoms with Gasteiger partial charge in [-0.1, -0.05) is 0 Å². The maximum atomic E-state index is 15.3. The molecule has 2 fully saturated rings. The van der Waals surface area contributed by atoms with Gasteiger partial charge >= 0.3 is 0 Å². The smallest absolute Gasteiger partial charge is 0.251 e. The van der Waals surface area contributed by atoms with Gasteiger partial charge in [-0.25, -0.2) is 14.4 Å². The van der Waals surface area contributed by atoms with E-state index >= 15 is 8.78 Å². The summed E-state index contributed by atoms with van der Waals surface area (Å²) in [5.41, 5.74) is 9.86. The molecule has 3 N–H and O–H groups in total. The summed E-state index contributed by atoms with van der Waals surface area (Å²) in [4.78, 5) is 25.6. The number of carbonyl (C=O) groups is 1. The standard InChI is InChI=1S/C29H32F2N6O3/c1-39-18-5-7-36(15-18)16-25-26(37-8-10-40-11-9-37)3-2-24(34-25)22-13-21(28(32)35-27(22)31)20-12-17-4-6-33-29(38)19(17)14-23(20)30/h2-3,12-14,18H,4-11,15-16H2,1H3,(H2,32,35)(H,33,38)/t18-/m0/s1. The minimum absolute atomic E-state index is 0.130. The van der Waals surface area contributed by atoms with Gasteiger partial charge in [-0.3, -0.25) is 9.69 Å². The Bertz CT molecular complexity index is 1450. The zero-order valence-corrected chi connectivity index (χ0v) is 22.4. The average Bonchev–Trinajstić information content (AvgIpc) is 3.42.